The third kappa shape index (κ3) is 3.07. The van der Waals surface area contributed by atoms with Crippen LogP contribution >= 0.6 is 23.2 Å². The number of carbonyl (C=O) groups excluding carboxylic acids is 1. The average Bonchev–Trinajstić information content (AvgIpc) is 2.91. The largest absolute Gasteiger partial charge is 0.326 e. The molecule has 2 aliphatic rings. The van der Waals surface area contributed by atoms with Gasteiger partial charge in [0.05, 0.1) is 10.0 Å². The van der Waals surface area contributed by atoms with Gasteiger partial charge in [0, 0.05) is 29.9 Å². The van der Waals surface area contributed by atoms with Crippen LogP contribution in [0.15, 0.2) is 36.4 Å². The maximum absolute atomic E-state index is 13.1. The topological polar surface area (TPSA) is 35.6 Å². The molecule has 2 aromatic carbocycles. The maximum Gasteiger partial charge on any atom is 0.326 e. The van der Waals surface area contributed by atoms with Crippen LogP contribution in [-0.2, 0) is 0 Å². The van der Waals surface area contributed by atoms with E-state index in [1.165, 1.54) is 11.1 Å². The lowest BCUT2D eigenvalue weighted by Crippen LogP contribution is -2.48. The molecule has 0 saturated carbocycles. The number of nitrogens with one attached hydrogen (secondary N) is 1. The molecule has 26 heavy (non-hydrogen) atoms. The van der Waals surface area contributed by atoms with Crippen LogP contribution in [0.3, 0.4) is 0 Å². The van der Waals surface area contributed by atoms with E-state index in [0.717, 1.165) is 25.2 Å². The first-order valence-electron chi connectivity index (χ1n) is 8.78. The van der Waals surface area contributed by atoms with Crippen LogP contribution in [0.4, 0.5) is 16.2 Å². The molecule has 4 rings (SSSR count). The van der Waals surface area contributed by atoms with Crippen molar-refractivity contribution in [3.05, 3.63) is 57.6 Å². The Labute approximate surface area is 163 Å². The monoisotopic (exact) mass is 389 g/mol. The second-order valence-corrected chi connectivity index (χ2v) is 8.03. The Hall–Kier alpha value is -1.75. The molecule has 0 radical (unpaired) electrons. The minimum absolute atomic E-state index is 0.120. The first kappa shape index (κ1) is 17.7. The van der Waals surface area contributed by atoms with Gasteiger partial charge < -0.3 is 10.2 Å². The molecule has 0 bridgehead atoms. The van der Waals surface area contributed by atoms with Crippen molar-refractivity contribution >= 4 is 40.6 Å². The normalized spacial score (nSPS) is 22.1. The van der Waals surface area contributed by atoms with E-state index in [9.17, 15) is 4.79 Å². The van der Waals surface area contributed by atoms with Crippen molar-refractivity contribution in [3.63, 3.8) is 0 Å². The summed E-state index contributed by atoms with van der Waals surface area (Å²) in [6.45, 7) is 4.06. The first-order chi connectivity index (χ1) is 12.4. The number of likely N-dealkylation sites (N-methyl/N-ethyl adjacent to an activating group) is 1. The number of carbonyl (C=O) groups is 1. The van der Waals surface area contributed by atoms with E-state index >= 15 is 0 Å². The molecule has 2 unspecified atom stereocenters. The summed E-state index contributed by atoms with van der Waals surface area (Å²) < 4.78 is 0. The lowest BCUT2D eigenvalue weighted by Gasteiger charge is -2.36. The number of likely N-dealkylation sites (tertiary alicyclic amines) is 1. The quantitative estimate of drug-likeness (QED) is 0.732. The van der Waals surface area contributed by atoms with E-state index in [1.807, 2.05) is 4.90 Å². The average molecular weight is 390 g/mol. The van der Waals surface area contributed by atoms with Gasteiger partial charge in [-0.2, -0.15) is 0 Å². The highest BCUT2D eigenvalue weighted by atomic mass is 35.5. The minimum atomic E-state index is -0.120. The number of anilines is 2. The Bertz CT molecular complexity index is 870. The summed E-state index contributed by atoms with van der Waals surface area (Å²) in [6, 6.07) is 11.6. The van der Waals surface area contributed by atoms with Gasteiger partial charge in [0.15, 0.2) is 0 Å². The summed E-state index contributed by atoms with van der Waals surface area (Å²) in [7, 11) is 2.14. The second-order valence-electron chi connectivity index (χ2n) is 7.22. The molecule has 0 spiro atoms. The summed E-state index contributed by atoms with van der Waals surface area (Å²) in [5.74, 6) is 0.350. The van der Waals surface area contributed by atoms with E-state index in [4.69, 9.17) is 23.2 Å². The summed E-state index contributed by atoms with van der Waals surface area (Å²) in [5, 5.41) is 3.89. The molecular weight excluding hydrogens is 369 g/mol. The van der Waals surface area contributed by atoms with Gasteiger partial charge in [0.25, 0.3) is 0 Å². The summed E-state index contributed by atoms with van der Waals surface area (Å²) in [6.07, 6.45) is 0.962. The van der Waals surface area contributed by atoms with Gasteiger partial charge in [-0.05, 0) is 56.8 Å². The van der Waals surface area contributed by atoms with Gasteiger partial charge in [-0.25, -0.2) is 4.79 Å². The van der Waals surface area contributed by atoms with Crippen molar-refractivity contribution in [1.82, 2.24) is 4.90 Å². The van der Waals surface area contributed by atoms with E-state index < -0.39 is 0 Å². The van der Waals surface area contributed by atoms with E-state index in [-0.39, 0.29) is 12.1 Å². The molecule has 2 aromatic rings. The molecule has 1 N–H and O–H groups in total. The molecule has 136 valence electrons. The molecule has 1 saturated heterocycles. The van der Waals surface area contributed by atoms with Gasteiger partial charge in [-0.3, -0.25) is 4.90 Å². The minimum Gasteiger partial charge on any atom is -0.307 e. The number of aryl methyl sites for hydroxylation is 1. The Morgan fingerprint density at radius 2 is 1.96 bits per heavy atom. The molecule has 0 aliphatic carbocycles. The standard InChI is InChI=1S/C20H21Cl2N3O/c1-12-3-6-18-14(9-12)15-11-24(2)8-7-19(15)25(18)20(26)23-13-4-5-16(21)17(22)10-13/h3-6,9-10,15,19H,7-8,11H2,1-2H3,(H,23,26). The number of fused-ring (bicyclic) bond motifs is 3. The third-order valence-electron chi connectivity index (χ3n) is 5.34. The number of urea groups is 1. The van der Waals surface area contributed by atoms with Crippen molar-refractivity contribution < 1.29 is 4.79 Å². The molecule has 4 nitrogen and oxygen atoms in total. The Morgan fingerprint density at radius 1 is 1.15 bits per heavy atom. The van der Waals surface area contributed by atoms with Crippen LogP contribution in [0.25, 0.3) is 0 Å². The van der Waals surface area contributed by atoms with E-state index in [2.05, 4.69) is 42.4 Å². The SMILES string of the molecule is Cc1ccc2c(c1)C1CN(C)CCC1N2C(=O)Nc1ccc(Cl)c(Cl)c1. The first-order valence-corrected chi connectivity index (χ1v) is 9.54. The fourth-order valence-corrected chi connectivity index (χ4v) is 4.40. The van der Waals surface area contributed by atoms with Crippen molar-refractivity contribution in [1.29, 1.82) is 0 Å². The zero-order valence-electron chi connectivity index (χ0n) is 14.8. The van der Waals surface area contributed by atoms with Gasteiger partial charge in [-0.15, -0.1) is 0 Å². The summed E-state index contributed by atoms with van der Waals surface area (Å²) in [5.41, 5.74) is 4.15. The van der Waals surface area contributed by atoms with Crippen LogP contribution in [0.1, 0.15) is 23.5 Å². The maximum atomic E-state index is 13.1. The van der Waals surface area contributed by atoms with Crippen LogP contribution in [-0.4, -0.2) is 37.1 Å². The number of benzene rings is 2. The van der Waals surface area contributed by atoms with Gasteiger partial charge in [0.2, 0.25) is 0 Å². The Kier molecular flexibility index (Phi) is 4.59. The van der Waals surface area contributed by atoms with Gasteiger partial charge in [0.1, 0.15) is 0 Å². The van der Waals surface area contributed by atoms with Gasteiger partial charge >= 0.3 is 6.03 Å². The van der Waals surface area contributed by atoms with Crippen LogP contribution in [0.2, 0.25) is 10.0 Å². The molecule has 2 amide bonds. The summed E-state index contributed by atoms with van der Waals surface area (Å²) >= 11 is 12.1. The summed E-state index contributed by atoms with van der Waals surface area (Å²) in [4.78, 5) is 17.4. The highest BCUT2D eigenvalue weighted by Crippen LogP contribution is 2.45. The van der Waals surface area contributed by atoms with E-state index in [0.29, 0.717) is 21.7 Å². The smallest absolute Gasteiger partial charge is 0.307 e. The number of hydrogen-bond acceptors (Lipinski definition) is 2. The molecule has 6 heteroatoms. The highest BCUT2D eigenvalue weighted by Gasteiger charge is 2.43. The molecule has 2 aliphatic heterocycles. The second kappa shape index (κ2) is 6.76. The molecular formula is C20H21Cl2N3O. The lowest BCUT2D eigenvalue weighted by atomic mass is 9.89. The van der Waals surface area contributed by atoms with Crippen LogP contribution in [0, 0.1) is 6.92 Å². The van der Waals surface area contributed by atoms with Crippen LogP contribution in [0.5, 0.6) is 0 Å². The number of amides is 2. The van der Waals surface area contributed by atoms with Crippen molar-refractivity contribution in [2.75, 3.05) is 30.4 Å². The molecule has 2 atom stereocenters. The Balaban J connectivity index is 1.66. The number of halogens is 2. The number of rotatable bonds is 1. The predicted octanol–water partition coefficient (Wildman–Crippen LogP) is 5.14. The van der Waals surface area contributed by atoms with Crippen molar-refractivity contribution in [3.8, 4) is 0 Å². The zero-order valence-corrected chi connectivity index (χ0v) is 16.3. The Morgan fingerprint density at radius 3 is 2.73 bits per heavy atom. The van der Waals surface area contributed by atoms with E-state index in [1.54, 1.807) is 18.2 Å². The predicted molar refractivity (Wildman–Crippen MR) is 108 cm³/mol. The third-order valence-corrected chi connectivity index (χ3v) is 6.08. The fourth-order valence-electron chi connectivity index (χ4n) is 4.10. The lowest BCUT2D eigenvalue weighted by molar-refractivity contribution is 0.224. The number of piperidine rings is 1. The van der Waals surface area contributed by atoms with Crippen molar-refractivity contribution in [2.24, 2.45) is 0 Å². The zero-order chi connectivity index (χ0) is 18.4. The van der Waals surface area contributed by atoms with Crippen LogP contribution < -0.4 is 10.2 Å². The van der Waals surface area contributed by atoms with Crippen molar-refractivity contribution in [2.45, 2.75) is 25.3 Å². The fraction of sp³-hybridized carbons (Fsp3) is 0.350. The molecule has 0 aromatic heterocycles. The number of hydrogen-bond donors (Lipinski definition) is 1. The molecule has 2 heterocycles. The number of nitrogens with zero attached hydrogens (tertiary/aromatic N) is 2. The van der Waals surface area contributed by atoms with Gasteiger partial charge in [-0.1, -0.05) is 40.9 Å². The molecule has 1 fully saturated rings. The highest BCUT2D eigenvalue weighted by molar-refractivity contribution is 6.42.